The number of fused-ring (bicyclic) bond motifs is 1. The van der Waals surface area contributed by atoms with E-state index in [4.69, 9.17) is 9.84 Å². The number of aliphatic hydroxyl groups is 2. The Balaban J connectivity index is 2.07. The number of aliphatic imine (C=N–C) groups is 1. The van der Waals surface area contributed by atoms with Crippen molar-refractivity contribution in [2.75, 3.05) is 19.8 Å². The summed E-state index contributed by atoms with van der Waals surface area (Å²) in [5, 5.41) is 23.1. The monoisotopic (exact) mass is 342 g/mol. The van der Waals surface area contributed by atoms with Crippen LogP contribution in [-0.2, 0) is 4.74 Å². The second-order valence-corrected chi connectivity index (χ2v) is 6.71. The summed E-state index contributed by atoms with van der Waals surface area (Å²) in [5.41, 5.74) is 0.816. The topological polar surface area (TPSA) is 91.1 Å². The van der Waals surface area contributed by atoms with Crippen LogP contribution in [0.25, 0.3) is 0 Å². The van der Waals surface area contributed by atoms with Gasteiger partial charge >= 0.3 is 0 Å². The number of Topliss-reactive ketones (excluding diaryl/α,β-unsaturated/α-hetero) is 1. The Labute approximate surface area is 146 Å². The Morgan fingerprint density at radius 1 is 1.28 bits per heavy atom. The summed E-state index contributed by atoms with van der Waals surface area (Å²) in [5.74, 6) is -2.05. The third kappa shape index (κ3) is 3.28. The third-order valence-corrected chi connectivity index (χ3v) is 4.11. The molecule has 6 nitrogen and oxygen atoms in total. The van der Waals surface area contributed by atoms with E-state index in [9.17, 15) is 9.90 Å². The molecule has 0 bridgehead atoms. The lowest BCUT2D eigenvalue weighted by Crippen LogP contribution is -2.56. The molecule has 1 aliphatic heterocycles. The normalized spacial score (nSPS) is 24.6. The van der Waals surface area contributed by atoms with Crippen LogP contribution < -0.4 is 5.32 Å². The first-order valence-electron chi connectivity index (χ1n) is 8.21. The van der Waals surface area contributed by atoms with Gasteiger partial charge in [-0.05, 0) is 26.0 Å². The SMILES string of the molecule is CC1(C)COC2(O)C(NCCO)=CC=C(C(=O)c3ccccc3)C2=N1. The zero-order valence-electron chi connectivity index (χ0n) is 14.3. The first kappa shape index (κ1) is 17.5. The molecule has 2 aliphatic rings. The first-order valence-corrected chi connectivity index (χ1v) is 8.21. The third-order valence-electron chi connectivity index (χ3n) is 4.11. The quantitative estimate of drug-likeness (QED) is 0.700. The van der Waals surface area contributed by atoms with E-state index in [1.165, 1.54) is 0 Å². The Kier molecular flexibility index (Phi) is 4.60. The number of rotatable bonds is 5. The number of nitrogens with zero attached hydrogens (tertiary/aromatic N) is 1. The largest absolute Gasteiger partial charge is 0.395 e. The van der Waals surface area contributed by atoms with E-state index in [2.05, 4.69) is 10.3 Å². The molecule has 3 rings (SSSR count). The molecule has 25 heavy (non-hydrogen) atoms. The number of hydrogen-bond acceptors (Lipinski definition) is 6. The highest BCUT2D eigenvalue weighted by Gasteiger charge is 2.49. The van der Waals surface area contributed by atoms with E-state index in [1.807, 2.05) is 19.9 Å². The van der Waals surface area contributed by atoms with Gasteiger partial charge in [0.1, 0.15) is 5.71 Å². The number of nitrogens with one attached hydrogen (secondary N) is 1. The lowest BCUT2D eigenvalue weighted by atomic mass is 9.86. The summed E-state index contributed by atoms with van der Waals surface area (Å²) in [7, 11) is 0. The van der Waals surface area contributed by atoms with Crippen LogP contribution in [0.3, 0.4) is 0 Å². The van der Waals surface area contributed by atoms with Gasteiger partial charge < -0.3 is 20.3 Å². The summed E-state index contributed by atoms with van der Waals surface area (Å²) in [6.07, 6.45) is 3.23. The molecule has 0 saturated heterocycles. The Morgan fingerprint density at radius 2 is 2.00 bits per heavy atom. The summed E-state index contributed by atoms with van der Waals surface area (Å²) < 4.78 is 5.73. The first-order chi connectivity index (χ1) is 11.9. The molecule has 1 heterocycles. The van der Waals surface area contributed by atoms with Crippen molar-refractivity contribution in [2.24, 2.45) is 4.99 Å². The van der Waals surface area contributed by atoms with Crippen LogP contribution in [0.15, 0.2) is 58.7 Å². The number of aliphatic hydroxyl groups excluding tert-OH is 1. The molecule has 3 N–H and O–H groups in total. The number of benzene rings is 1. The molecule has 1 atom stereocenters. The van der Waals surface area contributed by atoms with E-state index < -0.39 is 11.3 Å². The average Bonchev–Trinajstić information content (AvgIpc) is 2.60. The van der Waals surface area contributed by atoms with E-state index in [0.717, 1.165) is 0 Å². The number of carbonyl (C=O) groups excluding carboxylic acids is 1. The molecular formula is C19H22N2O4. The lowest BCUT2D eigenvalue weighted by molar-refractivity contribution is -0.144. The molecule has 0 amide bonds. The molecule has 132 valence electrons. The fourth-order valence-electron chi connectivity index (χ4n) is 2.86. The smallest absolute Gasteiger partial charge is 0.252 e. The van der Waals surface area contributed by atoms with Gasteiger partial charge in [-0.3, -0.25) is 9.79 Å². The maximum atomic E-state index is 12.9. The highest BCUT2D eigenvalue weighted by atomic mass is 16.6. The van der Waals surface area contributed by atoms with E-state index in [0.29, 0.717) is 16.8 Å². The van der Waals surface area contributed by atoms with Crippen molar-refractivity contribution < 1.29 is 19.7 Å². The molecular weight excluding hydrogens is 320 g/mol. The van der Waals surface area contributed by atoms with Crippen molar-refractivity contribution >= 4 is 11.5 Å². The van der Waals surface area contributed by atoms with E-state index >= 15 is 0 Å². The molecule has 1 aromatic rings. The molecule has 0 fully saturated rings. The maximum Gasteiger partial charge on any atom is 0.252 e. The summed E-state index contributed by atoms with van der Waals surface area (Å²) in [6, 6.07) is 8.86. The Bertz CT molecular complexity index is 765. The minimum absolute atomic E-state index is 0.0924. The van der Waals surface area contributed by atoms with Crippen LogP contribution in [0.1, 0.15) is 24.2 Å². The minimum Gasteiger partial charge on any atom is -0.395 e. The highest BCUT2D eigenvalue weighted by molar-refractivity contribution is 6.31. The molecule has 1 unspecified atom stereocenters. The molecule has 0 saturated carbocycles. The summed E-state index contributed by atoms with van der Waals surface area (Å²) in [6.45, 7) is 4.12. The molecule has 6 heteroatoms. The van der Waals surface area contributed by atoms with Crippen molar-refractivity contribution in [1.82, 2.24) is 5.32 Å². The van der Waals surface area contributed by atoms with Crippen LogP contribution in [0, 0.1) is 0 Å². The fourth-order valence-corrected chi connectivity index (χ4v) is 2.86. The summed E-state index contributed by atoms with van der Waals surface area (Å²) in [4.78, 5) is 17.5. The van der Waals surface area contributed by atoms with Gasteiger partial charge in [0.25, 0.3) is 5.79 Å². The van der Waals surface area contributed by atoms with Gasteiger partial charge in [0, 0.05) is 17.7 Å². The van der Waals surface area contributed by atoms with Gasteiger partial charge in [0.15, 0.2) is 5.78 Å². The van der Waals surface area contributed by atoms with Gasteiger partial charge in [-0.25, -0.2) is 0 Å². The van der Waals surface area contributed by atoms with Crippen molar-refractivity contribution in [3.8, 4) is 0 Å². The van der Waals surface area contributed by atoms with Crippen molar-refractivity contribution in [1.29, 1.82) is 0 Å². The van der Waals surface area contributed by atoms with Crippen molar-refractivity contribution in [3.63, 3.8) is 0 Å². The van der Waals surface area contributed by atoms with E-state index in [-0.39, 0.29) is 31.3 Å². The Hall–Kier alpha value is -2.28. The van der Waals surface area contributed by atoms with Crippen LogP contribution in [-0.4, -0.2) is 52.8 Å². The molecule has 1 aromatic carbocycles. The number of hydrogen-bond donors (Lipinski definition) is 3. The molecule has 0 aromatic heterocycles. The number of allylic oxidation sites excluding steroid dienone is 2. The van der Waals surface area contributed by atoms with Gasteiger partial charge in [-0.1, -0.05) is 30.3 Å². The number of ketones is 1. The van der Waals surface area contributed by atoms with Crippen LogP contribution in [0.2, 0.25) is 0 Å². The lowest BCUT2D eigenvalue weighted by Gasteiger charge is -2.42. The van der Waals surface area contributed by atoms with Crippen molar-refractivity contribution in [2.45, 2.75) is 25.2 Å². The molecule has 1 aliphatic carbocycles. The van der Waals surface area contributed by atoms with Crippen LogP contribution >= 0.6 is 0 Å². The van der Waals surface area contributed by atoms with Gasteiger partial charge in [0.2, 0.25) is 0 Å². The zero-order chi connectivity index (χ0) is 18.1. The fraction of sp³-hybridized carbons (Fsp3) is 0.368. The average molecular weight is 342 g/mol. The Morgan fingerprint density at radius 3 is 2.68 bits per heavy atom. The molecule has 0 spiro atoms. The summed E-state index contributed by atoms with van der Waals surface area (Å²) >= 11 is 0. The predicted octanol–water partition coefficient (Wildman–Crippen LogP) is 1.21. The second kappa shape index (κ2) is 6.55. The highest BCUT2D eigenvalue weighted by Crippen LogP contribution is 2.35. The second-order valence-electron chi connectivity index (χ2n) is 6.71. The van der Waals surface area contributed by atoms with E-state index in [1.54, 1.807) is 36.4 Å². The number of ether oxygens (including phenoxy) is 1. The number of carbonyl (C=O) groups is 1. The van der Waals surface area contributed by atoms with Crippen molar-refractivity contribution in [3.05, 3.63) is 59.3 Å². The predicted molar refractivity (Wildman–Crippen MR) is 94.4 cm³/mol. The zero-order valence-corrected chi connectivity index (χ0v) is 14.3. The standard InChI is InChI=1S/C19H22N2O4/c1-18(2)12-25-19(24)15(20-10-11-22)9-8-14(17(19)21-18)16(23)13-6-4-3-5-7-13/h3-9,20,22,24H,10-12H2,1-2H3. The van der Waals surface area contributed by atoms with Gasteiger partial charge in [-0.15, -0.1) is 0 Å². The maximum absolute atomic E-state index is 12.9. The minimum atomic E-state index is -1.82. The molecule has 0 radical (unpaired) electrons. The van der Waals surface area contributed by atoms with Crippen LogP contribution in [0.5, 0.6) is 0 Å². The van der Waals surface area contributed by atoms with Crippen LogP contribution in [0.4, 0.5) is 0 Å². The van der Waals surface area contributed by atoms with Gasteiger partial charge in [-0.2, -0.15) is 0 Å². The van der Waals surface area contributed by atoms with Gasteiger partial charge in [0.05, 0.1) is 24.4 Å².